The van der Waals surface area contributed by atoms with Gasteiger partial charge in [0.1, 0.15) is 0 Å². The molecule has 0 saturated heterocycles. The van der Waals surface area contributed by atoms with E-state index in [0.29, 0.717) is 6.42 Å². The SMILES string of the molecule is CCc1cc(CC(O)C2(O)CCCCC2)n(CC)n1. The van der Waals surface area contributed by atoms with Gasteiger partial charge in [-0.1, -0.05) is 26.2 Å². The lowest BCUT2D eigenvalue weighted by Crippen LogP contribution is -2.45. The van der Waals surface area contributed by atoms with Gasteiger partial charge >= 0.3 is 0 Å². The molecule has 2 N–H and O–H groups in total. The predicted molar refractivity (Wildman–Crippen MR) is 75.0 cm³/mol. The Balaban J connectivity index is 2.09. The molecular formula is C15H26N2O2. The maximum Gasteiger partial charge on any atom is 0.0909 e. The van der Waals surface area contributed by atoms with Crippen molar-refractivity contribution in [2.45, 2.75) is 77.0 Å². The maximum atomic E-state index is 10.5. The van der Waals surface area contributed by atoms with E-state index in [1.54, 1.807) is 0 Å². The van der Waals surface area contributed by atoms with Crippen LogP contribution in [0.5, 0.6) is 0 Å². The lowest BCUT2D eigenvalue weighted by Gasteiger charge is -2.36. The first kappa shape index (κ1) is 14.5. The maximum absolute atomic E-state index is 10.5. The molecule has 4 nitrogen and oxygen atoms in total. The van der Waals surface area contributed by atoms with Crippen molar-refractivity contribution in [3.8, 4) is 0 Å². The summed E-state index contributed by atoms with van der Waals surface area (Å²) in [5.74, 6) is 0. The van der Waals surface area contributed by atoms with Crippen LogP contribution in [0.4, 0.5) is 0 Å². The van der Waals surface area contributed by atoms with Crippen LogP contribution in [0, 0.1) is 0 Å². The molecule has 1 unspecified atom stereocenters. The Labute approximate surface area is 115 Å². The number of aryl methyl sites for hydroxylation is 2. The van der Waals surface area contributed by atoms with Crippen molar-refractivity contribution in [3.63, 3.8) is 0 Å². The number of hydrogen-bond donors (Lipinski definition) is 2. The first-order valence-electron chi connectivity index (χ1n) is 7.55. The lowest BCUT2D eigenvalue weighted by atomic mass is 9.79. The van der Waals surface area contributed by atoms with Crippen LogP contribution in [0.25, 0.3) is 0 Å². The third-order valence-corrected chi connectivity index (χ3v) is 4.32. The standard InChI is InChI=1S/C15H26N2O2/c1-3-12-10-13(17(4-2)16-12)11-14(18)15(19)8-6-5-7-9-15/h10,14,18-19H,3-9,11H2,1-2H3. The zero-order valence-corrected chi connectivity index (χ0v) is 12.1. The van der Waals surface area contributed by atoms with Crippen molar-refractivity contribution in [3.05, 3.63) is 17.5 Å². The molecule has 1 aliphatic rings. The average Bonchev–Trinajstić information content (AvgIpc) is 2.82. The molecular weight excluding hydrogens is 240 g/mol. The van der Waals surface area contributed by atoms with Crippen LogP contribution in [0.3, 0.4) is 0 Å². The molecule has 1 fully saturated rings. The van der Waals surface area contributed by atoms with E-state index in [2.05, 4.69) is 25.0 Å². The third-order valence-electron chi connectivity index (χ3n) is 4.32. The first-order chi connectivity index (χ1) is 9.09. The van der Waals surface area contributed by atoms with Gasteiger partial charge in [-0.25, -0.2) is 0 Å². The minimum absolute atomic E-state index is 0.497. The highest BCUT2D eigenvalue weighted by Crippen LogP contribution is 2.32. The fraction of sp³-hybridized carbons (Fsp3) is 0.800. The summed E-state index contributed by atoms with van der Waals surface area (Å²) in [6, 6.07) is 2.05. The molecule has 0 amide bonds. The van der Waals surface area contributed by atoms with E-state index >= 15 is 0 Å². The predicted octanol–water partition coefficient (Wildman–Crippen LogP) is 2.06. The normalized spacial score (nSPS) is 20.4. The van der Waals surface area contributed by atoms with Crippen LogP contribution in [-0.2, 0) is 19.4 Å². The number of hydrogen-bond acceptors (Lipinski definition) is 3. The molecule has 0 bridgehead atoms. The van der Waals surface area contributed by atoms with Gasteiger partial charge in [-0.2, -0.15) is 5.10 Å². The number of aliphatic hydroxyl groups excluding tert-OH is 1. The minimum Gasteiger partial charge on any atom is -0.390 e. The Bertz CT molecular complexity index is 408. The molecule has 1 saturated carbocycles. The minimum atomic E-state index is -0.895. The molecule has 1 aromatic rings. The second-order valence-electron chi connectivity index (χ2n) is 5.68. The summed E-state index contributed by atoms with van der Waals surface area (Å²) in [5, 5.41) is 25.4. The van der Waals surface area contributed by atoms with Crippen LogP contribution in [0.2, 0.25) is 0 Å². The van der Waals surface area contributed by atoms with Gasteiger partial charge < -0.3 is 10.2 Å². The molecule has 1 aliphatic carbocycles. The van der Waals surface area contributed by atoms with E-state index in [9.17, 15) is 10.2 Å². The molecule has 108 valence electrons. The van der Waals surface area contributed by atoms with E-state index in [-0.39, 0.29) is 0 Å². The fourth-order valence-electron chi connectivity index (χ4n) is 3.01. The van der Waals surface area contributed by atoms with Gasteiger partial charge in [0.05, 0.1) is 17.4 Å². The van der Waals surface area contributed by atoms with Gasteiger partial charge in [0.2, 0.25) is 0 Å². The molecule has 19 heavy (non-hydrogen) atoms. The van der Waals surface area contributed by atoms with Crippen LogP contribution in [0.1, 0.15) is 57.3 Å². The lowest BCUT2D eigenvalue weighted by molar-refractivity contribution is -0.0966. The fourth-order valence-corrected chi connectivity index (χ4v) is 3.01. The van der Waals surface area contributed by atoms with E-state index in [1.807, 2.05) is 4.68 Å². The van der Waals surface area contributed by atoms with E-state index in [1.165, 1.54) is 6.42 Å². The quantitative estimate of drug-likeness (QED) is 0.857. The van der Waals surface area contributed by atoms with Gasteiger partial charge in [-0.15, -0.1) is 0 Å². The first-order valence-corrected chi connectivity index (χ1v) is 7.55. The number of rotatable bonds is 5. The van der Waals surface area contributed by atoms with Gasteiger partial charge in [-0.3, -0.25) is 4.68 Å². The average molecular weight is 266 g/mol. The molecule has 1 heterocycles. The molecule has 0 aliphatic heterocycles. The summed E-state index contributed by atoms with van der Waals surface area (Å²) in [6.07, 6.45) is 5.35. The largest absolute Gasteiger partial charge is 0.390 e. The topological polar surface area (TPSA) is 58.3 Å². The molecule has 0 radical (unpaired) electrons. The Morgan fingerprint density at radius 1 is 1.32 bits per heavy atom. The smallest absolute Gasteiger partial charge is 0.0909 e. The Morgan fingerprint density at radius 2 is 2.00 bits per heavy atom. The molecule has 0 aromatic carbocycles. The molecule has 1 aromatic heterocycles. The van der Waals surface area contributed by atoms with Gasteiger partial charge in [0, 0.05) is 18.7 Å². The van der Waals surface area contributed by atoms with Crippen LogP contribution in [-0.4, -0.2) is 31.7 Å². The van der Waals surface area contributed by atoms with Gasteiger partial charge in [0.15, 0.2) is 0 Å². The van der Waals surface area contributed by atoms with Crippen molar-refractivity contribution < 1.29 is 10.2 Å². The highest BCUT2D eigenvalue weighted by molar-refractivity contribution is 5.12. The number of aliphatic hydroxyl groups is 2. The van der Waals surface area contributed by atoms with Gasteiger partial charge in [0.25, 0.3) is 0 Å². The third kappa shape index (κ3) is 3.18. The van der Waals surface area contributed by atoms with Crippen molar-refractivity contribution in [2.24, 2.45) is 0 Å². The van der Waals surface area contributed by atoms with Crippen molar-refractivity contribution in [2.75, 3.05) is 0 Å². The molecule has 0 spiro atoms. The highest BCUT2D eigenvalue weighted by Gasteiger charge is 2.37. The van der Waals surface area contributed by atoms with E-state index in [4.69, 9.17) is 0 Å². The summed E-state index contributed by atoms with van der Waals surface area (Å²) in [6.45, 7) is 4.94. The van der Waals surface area contributed by atoms with Crippen LogP contribution in [0.15, 0.2) is 6.07 Å². The Hall–Kier alpha value is -0.870. The molecule has 2 rings (SSSR count). The monoisotopic (exact) mass is 266 g/mol. The van der Waals surface area contributed by atoms with Crippen molar-refractivity contribution in [1.29, 1.82) is 0 Å². The zero-order valence-electron chi connectivity index (χ0n) is 12.1. The van der Waals surface area contributed by atoms with Crippen molar-refractivity contribution >= 4 is 0 Å². The number of nitrogens with zero attached hydrogens (tertiary/aromatic N) is 2. The second-order valence-corrected chi connectivity index (χ2v) is 5.68. The summed E-state index contributed by atoms with van der Waals surface area (Å²) >= 11 is 0. The number of aromatic nitrogens is 2. The zero-order chi connectivity index (χ0) is 13.9. The second kappa shape index (κ2) is 6.06. The Kier molecular flexibility index (Phi) is 4.63. The van der Waals surface area contributed by atoms with Crippen molar-refractivity contribution in [1.82, 2.24) is 9.78 Å². The Morgan fingerprint density at radius 3 is 2.58 bits per heavy atom. The van der Waals surface area contributed by atoms with E-state index < -0.39 is 11.7 Å². The summed E-state index contributed by atoms with van der Waals surface area (Å²) in [5.41, 5.74) is 1.19. The highest BCUT2D eigenvalue weighted by atomic mass is 16.3. The van der Waals surface area contributed by atoms with Crippen LogP contribution >= 0.6 is 0 Å². The molecule has 1 atom stereocenters. The van der Waals surface area contributed by atoms with E-state index in [0.717, 1.165) is 50.0 Å². The van der Waals surface area contributed by atoms with Crippen LogP contribution < -0.4 is 0 Å². The summed E-state index contributed by atoms with van der Waals surface area (Å²) in [7, 11) is 0. The summed E-state index contributed by atoms with van der Waals surface area (Å²) < 4.78 is 1.94. The summed E-state index contributed by atoms with van der Waals surface area (Å²) in [4.78, 5) is 0. The van der Waals surface area contributed by atoms with Gasteiger partial charge in [-0.05, 0) is 32.3 Å². The molecule has 4 heteroatoms.